The van der Waals surface area contributed by atoms with E-state index in [-0.39, 0.29) is 11.7 Å². The third-order valence-corrected chi connectivity index (χ3v) is 6.59. The number of hydrogen-bond donors (Lipinski definition) is 0. The van der Waals surface area contributed by atoms with Crippen LogP contribution >= 0.6 is 0 Å². The maximum atomic E-state index is 13.5. The Morgan fingerprint density at radius 2 is 1.72 bits per heavy atom. The van der Waals surface area contributed by atoms with E-state index in [4.69, 9.17) is 14.2 Å². The number of rotatable bonds is 4. The number of piperidine rings is 1. The van der Waals surface area contributed by atoms with Gasteiger partial charge in [-0.1, -0.05) is 42.5 Å². The fourth-order valence-corrected chi connectivity index (χ4v) is 4.85. The number of fused-ring (bicyclic) bond motifs is 2. The molecule has 2 aliphatic heterocycles. The Hall–Kier alpha value is -3.31. The molecule has 5 nitrogen and oxygen atoms in total. The number of ketones is 1. The Kier molecular flexibility index (Phi) is 5.35. The molecule has 0 bridgehead atoms. The van der Waals surface area contributed by atoms with Gasteiger partial charge in [-0.05, 0) is 61.3 Å². The van der Waals surface area contributed by atoms with Crippen LogP contribution in [-0.2, 0) is 0 Å². The van der Waals surface area contributed by atoms with Gasteiger partial charge >= 0.3 is 0 Å². The van der Waals surface area contributed by atoms with E-state index < -0.39 is 0 Å². The molecule has 0 atom stereocenters. The number of allylic oxidation sites excluding steroid dienone is 1. The number of ether oxygens (including phenoxy) is 3. The summed E-state index contributed by atoms with van der Waals surface area (Å²) in [6, 6.07) is 16.0. The minimum absolute atomic E-state index is 0.151. The molecule has 0 aliphatic carbocycles. The van der Waals surface area contributed by atoms with E-state index in [1.165, 1.54) is 0 Å². The number of carbonyl (C=O) groups is 1. The van der Waals surface area contributed by atoms with Crippen LogP contribution in [0.2, 0.25) is 0 Å². The Balaban J connectivity index is 1.63. The smallest absolute Gasteiger partial charge is 0.235 e. The minimum Gasteiger partial charge on any atom is -0.496 e. The second-order valence-corrected chi connectivity index (χ2v) is 8.48. The lowest BCUT2D eigenvalue weighted by Gasteiger charge is -2.30. The topological polar surface area (TPSA) is 48.0 Å². The lowest BCUT2D eigenvalue weighted by Crippen LogP contribution is -2.29. The summed E-state index contributed by atoms with van der Waals surface area (Å²) in [6.45, 7) is 2.00. The zero-order chi connectivity index (χ0) is 22.2. The van der Waals surface area contributed by atoms with Gasteiger partial charge in [-0.25, -0.2) is 0 Å². The molecule has 0 N–H and O–H groups in total. The molecule has 0 radical (unpaired) electrons. The molecule has 0 aromatic heterocycles. The number of carbonyl (C=O) groups excluding carboxylic acids is 1. The van der Waals surface area contributed by atoms with Gasteiger partial charge in [0.25, 0.3) is 0 Å². The van der Waals surface area contributed by atoms with Gasteiger partial charge < -0.3 is 19.1 Å². The zero-order valence-corrected chi connectivity index (χ0v) is 18.7. The van der Waals surface area contributed by atoms with E-state index in [9.17, 15) is 4.79 Å². The number of benzene rings is 3. The molecule has 32 heavy (non-hydrogen) atoms. The maximum Gasteiger partial charge on any atom is 0.235 e. The Morgan fingerprint density at radius 3 is 2.47 bits per heavy atom. The first-order valence-electron chi connectivity index (χ1n) is 11.0. The van der Waals surface area contributed by atoms with Crippen LogP contribution in [0, 0.1) is 0 Å². The van der Waals surface area contributed by atoms with Crippen LogP contribution in [-0.4, -0.2) is 45.0 Å². The summed E-state index contributed by atoms with van der Waals surface area (Å²) in [5.74, 6) is 2.23. The van der Waals surface area contributed by atoms with Crippen LogP contribution < -0.4 is 14.2 Å². The summed E-state index contributed by atoms with van der Waals surface area (Å²) in [5, 5.41) is 2.20. The van der Waals surface area contributed by atoms with Crippen molar-refractivity contribution in [3.63, 3.8) is 0 Å². The number of hydrogen-bond acceptors (Lipinski definition) is 5. The van der Waals surface area contributed by atoms with Gasteiger partial charge in [0.05, 0.1) is 14.2 Å². The summed E-state index contributed by atoms with van der Waals surface area (Å²) in [6.07, 6.45) is 3.83. The van der Waals surface area contributed by atoms with Crippen LogP contribution in [0.25, 0.3) is 16.8 Å². The number of nitrogens with zero attached hydrogens (tertiary/aromatic N) is 1. The highest BCUT2D eigenvalue weighted by Gasteiger charge is 2.38. The summed E-state index contributed by atoms with van der Waals surface area (Å²) in [4.78, 5) is 15.8. The molecule has 1 saturated heterocycles. The number of methoxy groups -OCH3 is 2. The third kappa shape index (κ3) is 3.43. The van der Waals surface area contributed by atoms with Crippen molar-refractivity contribution in [1.29, 1.82) is 0 Å². The van der Waals surface area contributed by atoms with Gasteiger partial charge in [-0.3, -0.25) is 4.79 Å². The SMILES string of the molecule is COc1cc(OC)c(C2CCN(C)CC2)c2c1C(=O)/C(=C\c1cccc3ccccc13)O2. The highest BCUT2D eigenvalue weighted by Crippen LogP contribution is 2.50. The molecule has 164 valence electrons. The molecule has 0 amide bonds. The van der Waals surface area contributed by atoms with Gasteiger partial charge in [0.15, 0.2) is 5.76 Å². The lowest BCUT2D eigenvalue weighted by atomic mass is 9.86. The van der Waals surface area contributed by atoms with E-state index in [0.29, 0.717) is 22.8 Å². The van der Waals surface area contributed by atoms with Crippen molar-refractivity contribution < 1.29 is 19.0 Å². The Morgan fingerprint density at radius 1 is 1.00 bits per heavy atom. The van der Waals surface area contributed by atoms with Gasteiger partial charge in [-0.15, -0.1) is 0 Å². The Bertz CT molecular complexity index is 1220. The Labute approximate surface area is 188 Å². The first kappa shape index (κ1) is 20.6. The van der Waals surface area contributed by atoms with Crippen LogP contribution in [0.3, 0.4) is 0 Å². The van der Waals surface area contributed by atoms with Gasteiger partial charge in [-0.2, -0.15) is 0 Å². The van der Waals surface area contributed by atoms with Gasteiger partial charge in [0, 0.05) is 11.6 Å². The highest BCUT2D eigenvalue weighted by atomic mass is 16.5. The second-order valence-electron chi connectivity index (χ2n) is 8.48. The van der Waals surface area contributed by atoms with Crippen molar-refractivity contribution in [2.45, 2.75) is 18.8 Å². The van der Waals surface area contributed by atoms with E-state index in [0.717, 1.165) is 53.6 Å². The fourth-order valence-electron chi connectivity index (χ4n) is 4.85. The van der Waals surface area contributed by atoms with Crippen molar-refractivity contribution >= 4 is 22.6 Å². The van der Waals surface area contributed by atoms with Crippen molar-refractivity contribution in [1.82, 2.24) is 4.90 Å². The molecule has 2 heterocycles. The van der Waals surface area contributed by atoms with E-state index in [1.54, 1.807) is 14.2 Å². The number of Topliss-reactive ketones (excluding diaryl/α,β-unsaturated/α-hetero) is 1. The van der Waals surface area contributed by atoms with Crippen molar-refractivity contribution in [3.8, 4) is 17.2 Å². The predicted molar refractivity (Wildman–Crippen MR) is 126 cm³/mol. The first-order chi connectivity index (χ1) is 15.6. The molecule has 5 rings (SSSR count). The number of likely N-dealkylation sites (tertiary alicyclic amines) is 1. The zero-order valence-electron chi connectivity index (χ0n) is 18.7. The first-order valence-corrected chi connectivity index (χ1v) is 11.0. The maximum absolute atomic E-state index is 13.5. The fraction of sp³-hybridized carbons (Fsp3) is 0.296. The van der Waals surface area contributed by atoms with Crippen molar-refractivity contribution in [2.24, 2.45) is 0 Å². The van der Waals surface area contributed by atoms with Crippen LogP contribution in [0.4, 0.5) is 0 Å². The quantitative estimate of drug-likeness (QED) is 0.528. The second kappa shape index (κ2) is 8.32. The molecule has 2 aliphatic rings. The van der Waals surface area contributed by atoms with Crippen molar-refractivity contribution in [3.05, 3.63) is 71.0 Å². The van der Waals surface area contributed by atoms with Crippen LogP contribution in [0.15, 0.2) is 54.3 Å². The molecule has 0 spiro atoms. The minimum atomic E-state index is -0.151. The average Bonchev–Trinajstić information content (AvgIpc) is 3.15. The van der Waals surface area contributed by atoms with Crippen molar-refractivity contribution in [2.75, 3.05) is 34.4 Å². The lowest BCUT2D eigenvalue weighted by molar-refractivity contribution is 0.101. The standard InChI is InChI=1S/C27H27NO4/c1-28-13-11-18(12-14-28)24-21(30-2)16-22(31-3)25-26(29)23(32-27(24)25)15-19-9-6-8-17-7-4-5-10-20(17)19/h4-10,15-16,18H,11-14H2,1-3H3/b23-15+. The highest BCUT2D eigenvalue weighted by molar-refractivity contribution is 6.17. The largest absolute Gasteiger partial charge is 0.496 e. The third-order valence-electron chi connectivity index (χ3n) is 6.59. The molecule has 3 aromatic rings. The monoisotopic (exact) mass is 429 g/mol. The predicted octanol–water partition coefficient (Wildman–Crippen LogP) is 5.28. The molecule has 0 saturated carbocycles. The van der Waals surface area contributed by atoms with E-state index in [1.807, 2.05) is 36.4 Å². The van der Waals surface area contributed by atoms with Crippen LogP contribution in [0.5, 0.6) is 17.2 Å². The molecule has 5 heteroatoms. The van der Waals surface area contributed by atoms with Crippen LogP contribution in [0.1, 0.15) is 40.2 Å². The van der Waals surface area contributed by atoms with Gasteiger partial charge in [0.1, 0.15) is 22.8 Å². The summed E-state index contributed by atoms with van der Waals surface area (Å²) in [5.41, 5.74) is 2.42. The van der Waals surface area contributed by atoms with E-state index >= 15 is 0 Å². The molecule has 1 fully saturated rings. The van der Waals surface area contributed by atoms with Gasteiger partial charge in [0.2, 0.25) is 5.78 Å². The molecular formula is C27H27NO4. The molecule has 3 aromatic carbocycles. The average molecular weight is 430 g/mol. The molecular weight excluding hydrogens is 402 g/mol. The summed E-state index contributed by atoms with van der Waals surface area (Å²) < 4.78 is 17.6. The summed E-state index contributed by atoms with van der Waals surface area (Å²) in [7, 11) is 5.37. The van der Waals surface area contributed by atoms with E-state index in [2.05, 4.69) is 30.1 Å². The normalized spacial score (nSPS) is 18.1. The summed E-state index contributed by atoms with van der Waals surface area (Å²) >= 11 is 0. The molecule has 0 unspecified atom stereocenters.